The largest absolute Gasteiger partial charge is 0.489 e. The van der Waals surface area contributed by atoms with Crippen molar-refractivity contribution in [2.45, 2.75) is 69.7 Å². The van der Waals surface area contributed by atoms with Gasteiger partial charge in [0, 0.05) is 37.7 Å². The lowest BCUT2D eigenvalue weighted by Gasteiger charge is -2.45. The predicted octanol–water partition coefficient (Wildman–Crippen LogP) is 2.09. The van der Waals surface area contributed by atoms with Crippen LogP contribution >= 0.6 is 0 Å². The molecule has 4 fully saturated rings. The molecule has 2 saturated heterocycles. The Hall–Kier alpha value is -2.41. The Kier molecular flexibility index (Phi) is 4.56. The first-order valence-corrected chi connectivity index (χ1v) is 11.7. The molecule has 1 N–H and O–H groups in total. The molecule has 0 spiro atoms. The van der Waals surface area contributed by atoms with Gasteiger partial charge in [0.05, 0.1) is 0 Å². The molecular weight excluding hydrogens is 394 g/mol. The van der Waals surface area contributed by atoms with E-state index in [-0.39, 0.29) is 30.2 Å². The van der Waals surface area contributed by atoms with Crippen LogP contribution in [0.15, 0.2) is 18.2 Å². The zero-order valence-electron chi connectivity index (χ0n) is 17.7. The van der Waals surface area contributed by atoms with E-state index < -0.39 is 6.04 Å². The van der Waals surface area contributed by atoms with Gasteiger partial charge in [0.2, 0.25) is 11.8 Å². The summed E-state index contributed by atoms with van der Waals surface area (Å²) in [5.41, 5.74) is 1.54. The third-order valence-corrected chi connectivity index (χ3v) is 7.90. The number of benzene rings is 1. The normalized spacial score (nSPS) is 31.5. The van der Waals surface area contributed by atoms with E-state index in [1.54, 1.807) is 4.90 Å². The van der Waals surface area contributed by atoms with Crippen LogP contribution in [0.4, 0.5) is 0 Å². The number of rotatable bonds is 5. The summed E-state index contributed by atoms with van der Waals surface area (Å²) in [4.78, 5) is 40.7. The number of carbonyl (C=O) groups is 3. The van der Waals surface area contributed by atoms with E-state index in [1.807, 2.05) is 18.2 Å². The van der Waals surface area contributed by atoms with Crippen molar-refractivity contribution < 1.29 is 19.1 Å². The number of piperidine rings is 1. The molecule has 2 aliphatic carbocycles. The molecule has 0 radical (unpaired) electrons. The average Bonchev–Trinajstić information content (AvgIpc) is 3.36. The fraction of sp³-hybridized carbons (Fsp3) is 0.625. The molecule has 3 atom stereocenters. The van der Waals surface area contributed by atoms with Gasteiger partial charge in [-0.3, -0.25) is 24.6 Å². The van der Waals surface area contributed by atoms with Gasteiger partial charge in [-0.25, -0.2) is 0 Å². The maximum absolute atomic E-state index is 12.9. The van der Waals surface area contributed by atoms with Crippen molar-refractivity contribution in [1.82, 2.24) is 15.1 Å². The average molecular weight is 424 g/mol. The number of hydrogen-bond donors (Lipinski definition) is 1. The SMILES string of the molecule is O=C1CCC(N2Cc3cc(O[C@@H]4CCC[C@H]4N4CC(C5CC5)C4)ccc3C2=O)C(=O)N1. The summed E-state index contributed by atoms with van der Waals surface area (Å²) < 4.78 is 6.44. The van der Waals surface area contributed by atoms with Crippen molar-refractivity contribution in [3.63, 3.8) is 0 Å². The number of amides is 3. The van der Waals surface area contributed by atoms with E-state index >= 15 is 0 Å². The van der Waals surface area contributed by atoms with Crippen molar-refractivity contribution >= 4 is 17.7 Å². The number of fused-ring (bicyclic) bond motifs is 1. The quantitative estimate of drug-likeness (QED) is 0.734. The van der Waals surface area contributed by atoms with E-state index in [0.29, 0.717) is 24.6 Å². The molecule has 3 aliphatic heterocycles. The Bertz CT molecular complexity index is 937. The second kappa shape index (κ2) is 7.33. The number of nitrogens with one attached hydrogen (secondary N) is 1. The van der Waals surface area contributed by atoms with Gasteiger partial charge in [-0.2, -0.15) is 0 Å². The number of ether oxygens (including phenoxy) is 1. The third-order valence-electron chi connectivity index (χ3n) is 7.90. The van der Waals surface area contributed by atoms with Gasteiger partial charge < -0.3 is 9.64 Å². The number of nitrogens with zero attached hydrogens (tertiary/aromatic N) is 2. The molecule has 3 heterocycles. The van der Waals surface area contributed by atoms with Crippen LogP contribution < -0.4 is 10.1 Å². The van der Waals surface area contributed by atoms with E-state index in [4.69, 9.17) is 4.74 Å². The Balaban J connectivity index is 1.12. The van der Waals surface area contributed by atoms with Crippen LogP contribution in [-0.4, -0.2) is 58.8 Å². The molecule has 3 amide bonds. The van der Waals surface area contributed by atoms with E-state index in [0.717, 1.165) is 29.6 Å². The zero-order valence-corrected chi connectivity index (χ0v) is 17.7. The van der Waals surface area contributed by atoms with Gasteiger partial charge in [-0.1, -0.05) is 0 Å². The molecule has 31 heavy (non-hydrogen) atoms. The first kappa shape index (κ1) is 19.3. The Morgan fingerprint density at radius 2 is 1.81 bits per heavy atom. The summed E-state index contributed by atoms with van der Waals surface area (Å²) in [6.45, 7) is 2.85. The first-order chi connectivity index (χ1) is 15.1. The van der Waals surface area contributed by atoms with E-state index in [9.17, 15) is 14.4 Å². The summed E-state index contributed by atoms with van der Waals surface area (Å²) >= 11 is 0. The van der Waals surface area contributed by atoms with Crippen LogP contribution in [0.1, 0.15) is 60.9 Å². The minimum atomic E-state index is -0.577. The van der Waals surface area contributed by atoms with Gasteiger partial charge in [0.15, 0.2) is 0 Å². The van der Waals surface area contributed by atoms with E-state index in [2.05, 4.69) is 10.2 Å². The van der Waals surface area contributed by atoms with Gasteiger partial charge in [-0.15, -0.1) is 0 Å². The van der Waals surface area contributed by atoms with Crippen LogP contribution in [0.5, 0.6) is 5.75 Å². The minimum absolute atomic E-state index is 0.138. The molecule has 1 unspecified atom stereocenters. The smallest absolute Gasteiger partial charge is 0.255 e. The van der Waals surface area contributed by atoms with Crippen molar-refractivity contribution in [1.29, 1.82) is 0 Å². The molecule has 7 heteroatoms. The lowest BCUT2D eigenvalue weighted by Crippen LogP contribution is -2.56. The number of hydrogen-bond acceptors (Lipinski definition) is 5. The van der Waals surface area contributed by atoms with Gasteiger partial charge in [-0.05, 0) is 74.1 Å². The molecule has 7 nitrogen and oxygen atoms in total. The van der Waals surface area contributed by atoms with Crippen molar-refractivity contribution in [2.75, 3.05) is 13.1 Å². The molecule has 6 rings (SSSR count). The fourth-order valence-corrected chi connectivity index (χ4v) is 5.95. The number of likely N-dealkylation sites (tertiary alicyclic amines) is 1. The van der Waals surface area contributed by atoms with Crippen molar-refractivity contribution in [3.05, 3.63) is 29.3 Å². The minimum Gasteiger partial charge on any atom is -0.489 e. The van der Waals surface area contributed by atoms with Gasteiger partial charge >= 0.3 is 0 Å². The highest BCUT2D eigenvalue weighted by molar-refractivity contribution is 6.05. The van der Waals surface area contributed by atoms with Crippen LogP contribution in [0.25, 0.3) is 0 Å². The van der Waals surface area contributed by atoms with Crippen molar-refractivity contribution in [2.24, 2.45) is 11.8 Å². The molecule has 164 valence electrons. The van der Waals surface area contributed by atoms with Crippen LogP contribution in [0, 0.1) is 11.8 Å². The highest BCUT2D eigenvalue weighted by Gasteiger charge is 2.45. The summed E-state index contributed by atoms with van der Waals surface area (Å²) in [5, 5.41) is 2.35. The molecule has 0 bridgehead atoms. The monoisotopic (exact) mass is 423 g/mol. The first-order valence-electron chi connectivity index (χ1n) is 11.7. The molecule has 0 aromatic heterocycles. The zero-order chi connectivity index (χ0) is 21.1. The van der Waals surface area contributed by atoms with Gasteiger partial charge in [0.25, 0.3) is 5.91 Å². The molecule has 2 saturated carbocycles. The van der Waals surface area contributed by atoms with Gasteiger partial charge in [0.1, 0.15) is 17.9 Å². The lowest BCUT2D eigenvalue weighted by atomic mass is 9.92. The van der Waals surface area contributed by atoms with Crippen LogP contribution in [-0.2, 0) is 16.1 Å². The number of carbonyl (C=O) groups excluding carboxylic acids is 3. The number of imide groups is 1. The topological polar surface area (TPSA) is 79.0 Å². The molecular formula is C24H29N3O4. The maximum atomic E-state index is 12.9. The fourth-order valence-electron chi connectivity index (χ4n) is 5.95. The Morgan fingerprint density at radius 1 is 0.968 bits per heavy atom. The highest BCUT2D eigenvalue weighted by atomic mass is 16.5. The lowest BCUT2D eigenvalue weighted by molar-refractivity contribution is -0.136. The molecule has 1 aromatic carbocycles. The summed E-state index contributed by atoms with van der Waals surface area (Å²) in [6.07, 6.45) is 7.19. The Labute approximate surface area is 182 Å². The summed E-state index contributed by atoms with van der Waals surface area (Å²) in [6, 6.07) is 5.62. The maximum Gasteiger partial charge on any atom is 0.255 e. The van der Waals surface area contributed by atoms with Crippen LogP contribution in [0.3, 0.4) is 0 Å². The highest BCUT2D eigenvalue weighted by Crippen LogP contribution is 2.44. The molecule has 5 aliphatic rings. The standard InChI is InChI=1S/C24H29N3O4/c28-22-9-8-20(23(29)25-22)27-13-15-10-17(6-7-18(15)24(27)30)31-21-3-1-2-19(21)26-11-16(12-26)14-4-5-14/h6-7,10,14,16,19-21H,1-5,8-9,11-13H2,(H,25,28,29)/t19-,20?,21-/m1/s1. The molecule has 1 aromatic rings. The second-order valence-electron chi connectivity index (χ2n) is 9.92. The second-order valence-corrected chi connectivity index (χ2v) is 9.92. The third kappa shape index (κ3) is 3.43. The predicted molar refractivity (Wildman–Crippen MR) is 112 cm³/mol. The summed E-state index contributed by atoms with van der Waals surface area (Å²) in [5.74, 6) is 1.93. The summed E-state index contributed by atoms with van der Waals surface area (Å²) in [7, 11) is 0. The van der Waals surface area contributed by atoms with E-state index in [1.165, 1.54) is 38.8 Å². The van der Waals surface area contributed by atoms with Crippen LogP contribution in [0.2, 0.25) is 0 Å². The Morgan fingerprint density at radius 3 is 2.58 bits per heavy atom. The van der Waals surface area contributed by atoms with Crippen molar-refractivity contribution in [3.8, 4) is 5.75 Å².